The molecule has 4 rings (SSSR count). The number of carbonyl (C=O) groups is 1. The lowest BCUT2D eigenvalue weighted by Gasteiger charge is -2.26. The third-order valence-corrected chi connectivity index (χ3v) is 3.97. The Morgan fingerprint density at radius 3 is 2.68 bits per heavy atom. The number of fused-ring (bicyclic) bond motifs is 2. The minimum absolute atomic E-state index is 0.173. The number of hydrogen-bond donors (Lipinski definition) is 2. The number of rotatable bonds is 3. The van der Waals surface area contributed by atoms with Crippen molar-refractivity contribution in [3.63, 3.8) is 0 Å². The first-order chi connectivity index (χ1) is 12.2. The Bertz CT molecular complexity index is 999. The number of hydrogen-bond acceptors (Lipinski definition) is 5. The number of benzene rings is 2. The second-order valence-electron chi connectivity index (χ2n) is 5.65. The molecule has 1 aromatic heterocycles. The first-order valence-electron chi connectivity index (χ1n) is 7.86. The molecular weight excluding hydrogens is 322 g/mol. The van der Waals surface area contributed by atoms with Gasteiger partial charge in [-0.2, -0.15) is 5.10 Å². The van der Waals surface area contributed by atoms with E-state index < -0.39 is 0 Å². The van der Waals surface area contributed by atoms with E-state index in [-0.39, 0.29) is 29.8 Å². The minimum Gasteiger partial charge on any atom is -0.486 e. The van der Waals surface area contributed by atoms with Crippen LogP contribution in [0.15, 0.2) is 53.3 Å². The molecule has 126 valence electrons. The van der Waals surface area contributed by atoms with E-state index >= 15 is 0 Å². The van der Waals surface area contributed by atoms with Crippen molar-refractivity contribution < 1.29 is 14.3 Å². The number of nitrogens with one attached hydrogen (secondary N) is 2. The number of carbonyl (C=O) groups excluding carboxylic acids is 1. The van der Waals surface area contributed by atoms with Crippen molar-refractivity contribution in [2.45, 2.75) is 6.10 Å². The average molecular weight is 337 g/mol. The first kappa shape index (κ1) is 15.2. The SMILES string of the molecule is O=C(NCC1COc2ccccc2O1)c1n[nH]c(=O)c2ccccc12. The van der Waals surface area contributed by atoms with Gasteiger partial charge in [0.1, 0.15) is 12.7 Å². The molecule has 2 aromatic carbocycles. The van der Waals surface area contributed by atoms with Crippen molar-refractivity contribution in [2.24, 2.45) is 0 Å². The average Bonchev–Trinajstić information content (AvgIpc) is 2.66. The van der Waals surface area contributed by atoms with Gasteiger partial charge in [-0.05, 0) is 18.2 Å². The number of ether oxygens (including phenoxy) is 2. The van der Waals surface area contributed by atoms with Gasteiger partial charge >= 0.3 is 0 Å². The van der Waals surface area contributed by atoms with Gasteiger partial charge in [-0.25, -0.2) is 5.10 Å². The lowest BCUT2D eigenvalue weighted by molar-refractivity contribution is 0.0787. The second-order valence-corrected chi connectivity index (χ2v) is 5.65. The topological polar surface area (TPSA) is 93.3 Å². The quantitative estimate of drug-likeness (QED) is 0.755. The van der Waals surface area contributed by atoms with Gasteiger partial charge in [0, 0.05) is 5.39 Å². The molecule has 25 heavy (non-hydrogen) atoms. The monoisotopic (exact) mass is 337 g/mol. The van der Waals surface area contributed by atoms with E-state index in [0.29, 0.717) is 28.9 Å². The molecule has 1 aliphatic rings. The molecule has 0 spiro atoms. The molecule has 1 aliphatic heterocycles. The zero-order chi connectivity index (χ0) is 17.2. The van der Waals surface area contributed by atoms with Crippen LogP contribution in [-0.4, -0.2) is 35.4 Å². The number of nitrogens with zero attached hydrogens (tertiary/aromatic N) is 1. The normalized spacial score (nSPS) is 15.8. The Balaban J connectivity index is 1.49. The summed E-state index contributed by atoms with van der Waals surface area (Å²) in [4.78, 5) is 24.3. The van der Waals surface area contributed by atoms with Crippen LogP contribution in [0, 0.1) is 0 Å². The number of aromatic amines is 1. The third kappa shape index (κ3) is 2.91. The fraction of sp³-hybridized carbons (Fsp3) is 0.167. The highest BCUT2D eigenvalue weighted by Crippen LogP contribution is 2.30. The highest BCUT2D eigenvalue weighted by atomic mass is 16.6. The van der Waals surface area contributed by atoms with Gasteiger partial charge in [-0.15, -0.1) is 0 Å². The molecule has 1 unspecified atom stereocenters. The second kappa shape index (κ2) is 6.27. The maximum Gasteiger partial charge on any atom is 0.272 e. The van der Waals surface area contributed by atoms with Crippen molar-refractivity contribution in [2.75, 3.05) is 13.2 Å². The van der Waals surface area contributed by atoms with E-state index in [4.69, 9.17) is 9.47 Å². The summed E-state index contributed by atoms with van der Waals surface area (Å²) in [6, 6.07) is 14.2. The van der Waals surface area contributed by atoms with Gasteiger partial charge in [-0.1, -0.05) is 30.3 Å². The molecule has 0 bridgehead atoms. The van der Waals surface area contributed by atoms with Crippen LogP contribution in [0.2, 0.25) is 0 Å². The summed E-state index contributed by atoms with van der Waals surface area (Å²) in [5, 5.41) is 9.95. The Morgan fingerprint density at radius 2 is 1.84 bits per heavy atom. The van der Waals surface area contributed by atoms with Crippen LogP contribution in [0.4, 0.5) is 0 Å². The van der Waals surface area contributed by atoms with E-state index in [1.165, 1.54) is 0 Å². The van der Waals surface area contributed by atoms with E-state index in [2.05, 4.69) is 15.5 Å². The zero-order valence-corrected chi connectivity index (χ0v) is 13.2. The van der Waals surface area contributed by atoms with Crippen LogP contribution in [0.5, 0.6) is 11.5 Å². The maximum atomic E-state index is 12.5. The lowest BCUT2D eigenvalue weighted by Crippen LogP contribution is -2.41. The Labute approximate surface area is 142 Å². The van der Waals surface area contributed by atoms with Gasteiger partial charge in [0.15, 0.2) is 17.2 Å². The summed E-state index contributed by atoms with van der Waals surface area (Å²) in [6.07, 6.45) is -0.298. The highest BCUT2D eigenvalue weighted by molar-refractivity contribution is 6.04. The number of H-pyrrole nitrogens is 1. The smallest absolute Gasteiger partial charge is 0.272 e. The first-order valence-corrected chi connectivity index (χ1v) is 7.86. The molecule has 0 aliphatic carbocycles. The maximum absolute atomic E-state index is 12.5. The van der Waals surface area contributed by atoms with Crippen molar-refractivity contribution in [3.8, 4) is 11.5 Å². The van der Waals surface area contributed by atoms with E-state index in [1.807, 2.05) is 24.3 Å². The molecule has 2 N–H and O–H groups in total. The molecule has 1 amide bonds. The van der Waals surface area contributed by atoms with Crippen LogP contribution in [0.3, 0.4) is 0 Å². The van der Waals surface area contributed by atoms with Crippen molar-refractivity contribution in [1.29, 1.82) is 0 Å². The van der Waals surface area contributed by atoms with Gasteiger partial charge in [0.2, 0.25) is 0 Å². The molecule has 7 nitrogen and oxygen atoms in total. The molecular formula is C18H15N3O4. The zero-order valence-electron chi connectivity index (χ0n) is 13.2. The Hall–Kier alpha value is -3.35. The van der Waals surface area contributed by atoms with E-state index in [9.17, 15) is 9.59 Å². The van der Waals surface area contributed by atoms with Crippen LogP contribution in [-0.2, 0) is 0 Å². The molecule has 0 saturated carbocycles. The molecule has 0 fully saturated rings. The standard InChI is InChI=1S/C18H15N3O4/c22-17-13-6-2-1-5-12(13)16(20-21-17)18(23)19-9-11-10-24-14-7-3-4-8-15(14)25-11/h1-8,11H,9-10H2,(H,19,23)(H,21,22). The van der Waals surface area contributed by atoms with E-state index in [1.54, 1.807) is 24.3 Å². The summed E-state index contributed by atoms with van der Waals surface area (Å²) in [5.74, 6) is 0.967. The molecule has 3 aromatic rings. The van der Waals surface area contributed by atoms with Crippen LogP contribution < -0.4 is 20.3 Å². The highest BCUT2D eigenvalue weighted by Gasteiger charge is 2.22. The molecule has 0 radical (unpaired) electrons. The summed E-state index contributed by atoms with van der Waals surface area (Å²) < 4.78 is 11.4. The molecule has 7 heteroatoms. The Morgan fingerprint density at radius 1 is 1.12 bits per heavy atom. The van der Waals surface area contributed by atoms with Crippen LogP contribution in [0.1, 0.15) is 10.5 Å². The van der Waals surface area contributed by atoms with Gasteiger partial charge in [0.05, 0.1) is 11.9 Å². The summed E-state index contributed by atoms with van der Waals surface area (Å²) >= 11 is 0. The molecule has 2 heterocycles. The summed E-state index contributed by atoms with van der Waals surface area (Å²) in [5.41, 5.74) is -0.153. The lowest BCUT2D eigenvalue weighted by atomic mass is 10.1. The predicted octanol–water partition coefficient (Wildman–Crippen LogP) is 1.49. The van der Waals surface area contributed by atoms with Crippen molar-refractivity contribution >= 4 is 16.7 Å². The molecule has 1 atom stereocenters. The van der Waals surface area contributed by atoms with Crippen molar-refractivity contribution in [1.82, 2.24) is 15.5 Å². The number of amides is 1. The van der Waals surface area contributed by atoms with Gasteiger partial charge in [0.25, 0.3) is 11.5 Å². The number of para-hydroxylation sites is 2. The van der Waals surface area contributed by atoms with Crippen LogP contribution >= 0.6 is 0 Å². The summed E-state index contributed by atoms with van der Waals surface area (Å²) in [7, 11) is 0. The van der Waals surface area contributed by atoms with E-state index in [0.717, 1.165) is 0 Å². The van der Waals surface area contributed by atoms with Crippen LogP contribution in [0.25, 0.3) is 10.8 Å². The number of aromatic nitrogens is 2. The Kier molecular flexibility index (Phi) is 3.81. The van der Waals surface area contributed by atoms with Gasteiger partial charge in [-0.3, -0.25) is 9.59 Å². The summed E-state index contributed by atoms with van der Waals surface area (Å²) in [6.45, 7) is 0.611. The third-order valence-electron chi connectivity index (χ3n) is 3.97. The van der Waals surface area contributed by atoms with Crippen molar-refractivity contribution in [3.05, 3.63) is 64.6 Å². The van der Waals surface area contributed by atoms with Gasteiger partial charge < -0.3 is 14.8 Å². The predicted molar refractivity (Wildman–Crippen MR) is 91.0 cm³/mol. The largest absolute Gasteiger partial charge is 0.486 e. The molecule has 0 saturated heterocycles. The fourth-order valence-electron chi connectivity index (χ4n) is 2.74. The fourth-order valence-corrected chi connectivity index (χ4v) is 2.74. The minimum atomic E-state index is -0.380.